The number of benzene rings is 2. The van der Waals surface area contributed by atoms with Gasteiger partial charge in [0.25, 0.3) is 5.92 Å². The lowest BCUT2D eigenvalue weighted by atomic mass is 9.90. The molecule has 2 heterocycles. The van der Waals surface area contributed by atoms with E-state index in [-0.39, 0.29) is 49.5 Å². The maximum Gasteiger partial charge on any atom is 0.250 e. The summed E-state index contributed by atoms with van der Waals surface area (Å²) in [5.74, 6) is -3.77. The number of anilines is 1. The lowest BCUT2D eigenvalue weighted by Gasteiger charge is -2.31. The normalized spacial score (nSPS) is 21.3. The van der Waals surface area contributed by atoms with Gasteiger partial charge >= 0.3 is 0 Å². The Labute approximate surface area is 185 Å². The van der Waals surface area contributed by atoms with E-state index in [4.69, 9.17) is 0 Å². The molecule has 170 valence electrons. The Bertz CT molecular complexity index is 984. The van der Waals surface area contributed by atoms with E-state index in [1.54, 1.807) is 6.07 Å². The maximum absolute atomic E-state index is 14.5. The molecular formula is C24H26F3N3O2. The van der Waals surface area contributed by atoms with E-state index in [9.17, 15) is 22.8 Å². The van der Waals surface area contributed by atoms with Gasteiger partial charge in [0.15, 0.2) is 0 Å². The molecule has 2 saturated heterocycles. The van der Waals surface area contributed by atoms with E-state index in [0.29, 0.717) is 31.5 Å². The lowest BCUT2D eigenvalue weighted by Crippen LogP contribution is -2.39. The topological polar surface area (TPSA) is 61.4 Å². The molecule has 4 rings (SSSR count). The van der Waals surface area contributed by atoms with Crippen molar-refractivity contribution in [3.8, 4) is 0 Å². The van der Waals surface area contributed by atoms with Crippen LogP contribution >= 0.6 is 0 Å². The zero-order chi connectivity index (χ0) is 22.7. The van der Waals surface area contributed by atoms with Gasteiger partial charge in [-0.2, -0.15) is 0 Å². The van der Waals surface area contributed by atoms with E-state index < -0.39 is 5.92 Å². The second-order valence-corrected chi connectivity index (χ2v) is 8.54. The molecule has 8 heteroatoms. The summed E-state index contributed by atoms with van der Waals surface area (Å²) in [5.41, 5.74) is 2.96. The Hall–Kier alpha value is -2.87. The van der Waals surface area contributed by atoms with Crippen LogP contribution in [0.3, 0.4) is 0 Å². The molecule has 5 nitrogen and oxygen atoms in total. The third-order valence-electron chi connectivity index (χ3n) is 6.15. The van der Waals surface area contributed by atoms with Gasteiger partial charge in [-0.1, -0.05) is 24.3 Å². The number of rotatable bonds is 6. The molecule has 0 saturated carbocycles. The molecule has 2 aliphatic rings. The first-order valence-electron chi connectivity index (χ1n) is 10.8. The van der Waals surface area contributed by atoms with Crippen molar-refractivity contribution in [3.63, 3.8) is 0 Å². The molecule has 32 heavy (non-hydrogen) atoms. The summed E-state index contributed by atoms with van der Waals surface area (Å²) in [6, 6.07) is 12.4. The summed E-state index contributed by atoms with van der Waals surface area (Å²) in [7, 11) is 0. The molecule has 2 amide bonds. The number of piperidine rings is 2. The van der Waals surface area contributed by atoms with E-state index in [1.807, 2.05) is 35.2 Å². The van der Waals surface area contributed by atoms with Gasteiger partial charge in [0, 0.05) is 56.7 Å². The number of likely N-dealkylation sites (tertiary alicyclic amines) is 1. The van der Waals surface area contributed by atoms with Crippen molar-refractivity contribution in [1.82, 2.24) is 10.2 Å². The van der Waals surface area contributed by atoms with Crippen LogP contribution < -0.4 is 10.6 Å². The summed E-state index contributed by atoms with van der Waals surface area (Å²) >= 11 is 0. The number of halogens is 3. The fourth-order valence-corrected chi connectivity index (χ4v) is 4.16. The zero-order valence-electron chi connectivity index (χ0n) is 17.7. The summed E-state index contributed by atoms with van der Waals surface area (Å²) in [6.45, 7) is 1.29. The van der Waals surface area contributed by atoms with Gasteiger partial charge in [0.2, 0.25) is 11.8 Å². The zero-order valence-corrected chi connectivity index (χ0v) is 17.7. The number of amides is 2. The number of carbonyl (C=O) groups excluding carboxylic acids is 2. The van der Waals surface area contributed by atoms with Gasteiger partial charge in [0.1, 0.15) is 5.82 Å². The number of hydrogen-bond acceptors (Lipinski definition) is 4. The first-order chi connectivity index (χ1) is 15.3. The first-order valence-corrected chi connectivity index (χ1v) is 10.8. The minimum atomic E-state index is -2.61. The van der Waals surface area contributed by atoms with Crippen LogP contribution in [0.5, 0.6) is 0 Å². The number of imide groups is 1. The minimum Gasteiger partial charge on any atom is -0.381 e. The van der Waals surface area contributed by atoms with Gasteiger partial charge < -0.3 is 5.32 Å². The van der Waals surface area contributed by atoms with Crippen LogP contribution in [-0.2, 0) is 22.7 Å². The predicted molar refractivity (Wildman–Crippen MR) is 115 cm³/mol. The standard InChI is InChI=1S/C24H26F3N3O2/c25-21-13-16(1-2-18(21)15-30-11-9-24(26,27)10-12-30)14-28-19-5-3-17(4-6-19)20-7-8-22(31)29-23(20)32/h1-6,13,20,28H,7-12,14-15H2,(H,29,31,32). The van der Waals surface area contributed by atoms with Crippen LogP contribution in [0.2, 0.25) is 0 Å². The number of carbonyl (C=O) groups is 2. The van der Waals surface area contributed by atoms with Crippen LogP contribution in [0.25, 0.3) is 0 Å². The van der Waals surface area contributed by atoms with Crippen molar-refractivity contribution in [2.24, 2.45) is 0 Å². The Morgan fingerprint density at radius 1 is 1.06 bits per heavy atom. The third-order valence-corrected chi connectivity index (χ3v) is 6.15. The maximum atomic E-state index is 14.5. The summed E-state index contributed by atoms with van der Waals surface area (Å²) in [5, 5.41) is 5.59. The average Bonchev–Trinajstić information content (AvgIpc) is 2.76. The molecule has 2 fully saturated rings. The van der Waals surface area contributed by atoms with E-state index in [1.165, 1.54) is 6.07 Å². The second-order valence-electron chi connectivity index (χ2n) is 8.54. The summed E-state index contributed by atoms with van der Waals surface area (Å²) in [6.07, 6.45) is 0.475. The van der Waals surface area contributed by atoms with Gasteiger partial charge in [-0.15, -0.1) is 0 Å². The molecule has 0 bridgehead atoms. The number of hydrogen-bond donors (Lipinski definition) is 2. The number of nitrogens with one attached hydrogen (secondary N) is 2. The Morgan fingerprint density at radius 2 is 1.78 bits per heavy atom. The third kappa shape index (κ3) is 5.48. The molecule has 2 aliphatic heterocycles. The SMILES string of the molecule is O=C1CCC(c2ccc(NCc3ccc(CN4CCC(F)(F)CC4)c(F)c3)cc2)C(=O)N1. The van der Waals surface area contributed by atoms with Gasteiger partial charge in [-0.3, -0.25) is 19.8 Å². The molecule has 1 atom stereocenters. The average molecular weight is 445 g/mol. The smallest absolute Gasteiger partial charge is 0.250 e. The first kappa shape index (κ1) is 22.3. The van der Waals surface area contributed by atoms with Crippen LogP contribution in [-0.4, -0.2) is 35.7 Å². The molecule has 2 aromatic rings. The van der Waals surface area contributed by atoms with Gasteiger partial charge in [-0.25, -0.2) is 13.2 Å². The summed E-state index contributed by atoms with van der Waals surface area (Å²) in [4.78, 5) is 25.1. The fraction of sp³-hybridized carbons (Fsp3) is 0.417. The van der Waals surface area contributed by atoms with E-state index in [0.717, 1.165) is 16.8 Å². The second kappa shape index (κ2) is 9.32. The van der Waals surface area contributed by atoms with Crippen LogP contribution in [0.1, 0.15) is 48.3 Å². The van der Waals surface area contributed by atoms with Crippen LogP contribution in [0.15, 0.2) is 42.5 Å². The van der Waals surface area contributed by atoms with Gasteiger partial charge in [-0.05, 0) is 35.7 Å². The van der Waals surface area contributed by atoms with Gasteiger partial charge in [0.05, 0.1) is 5.92 Å². The minimum absolute atomic E-state index is 0.182. The van der Waals surface area contributed by atoms with Crippen molar-refractivity contribution in [1.29, 1.82) is 0 Å². The molecule has 0 spiro atoms. The van der Waals surface area contributed by atoms with Crippen LogP contribution in [0, 0.1) is 5.82 Å². The quantitative estimate of drug-likeness (QED) is 0.655. The predicted octanol–water partition coefficient (Wildman–Crippen LogP) is 4.19. The Morgan fingerprint density at radius 3 is 2.44 bits per heavy atom. The number of alkyl halides is 2. The van der Waals surface area contributed by atoms with Crippen molar-refractivity contribution in [2.45, 2.75) is 50.6 Å². The van der Waals surface area contributed by atoms with E-state index >= 15 is 0 Å². The molecule has 0 radical (unpaired) electrons. The van der Waals surface area contributed by atoms with Crippen molar-refractivity contribution < 1.29 is 22.8 Å². The molecule has 0 aliphatic carbocycles. The highest BCUT2D eigenvalue weighted by molar-refractivity contribution is 6.00. The molecule has 1 unspecified atom stereocenters. The number of nitrogens with zero attached hydrogens (tertiary/aromatic N) is 1. The van der Waals surface area contributed by atoms with Crippen molar-refractivity contribution >= 4 is 17.5 Å². The Kier molecular flexibility index (Phi) is 6.50. The fourth-order valence-electron chi connectivity index (χ4n) is 4.16. The van der Waals surface area contributed by atoms with Crippen molar-refractivity contribution in [2.75, 3.05) is 18.4 Å². The highest BCUT2D eigenvalue weighted by atomic mass is 19.3. The van der Waals surface area contributed by atoms with Crippen molar-refractivity contribution in [3.05, 3.63) is 65.0 Å². The molecule has 2 aromatic carbocycles. The van der Waals surface area contributed by atoms with E-state index in [2.05, 4.69) is 10.6 Å². The largest absolute Gasteiger partial charge is 0.381 e. The van der Waals surface area contributed by atoms with Crippen LogP contribution in [0.4, 0.5) is 18.9 Å². The summed E-state index contributed by atoms with van der Waals surface area (Å²) < 4.78 is 41.1. The molecule has 0 aromatic heterocycles. The molecular weight excluding hydrogens is 419 g/mol. The Balaban J connectivity index is 1.30. The molecule has 2 N–H and O–H groups in total. The monoisotopic (exact) mass is 445 g/mol. The highest BCUT2D eigenvalue weighted by Gasteiger charge is 2.34. The highest BCUT2D eigenvalue weighted by Crippen LogP contribution is 2.29. The lowest BCUT2D eigenvalue weighted by molar-refractivity contribution is -0.134.